The second-order valence-corrected chi connectivity index (χ2v) is 13.2. The Morgan fingerprint density at radius 1 is 1.30 bits per heavy atom. The van der Waals surface area contributed by atoms with Gasteiger partial charge < -0.3 is 10.6 Å². The number of hydrogen-bond acceptors (Lipinski definition) is 5. The van der Waals surface area contributed by atoms with E-state index < -0.39 is 15.7 Å². The molecule has 4 nitrogen and oxygen atoms in total. The summed E-state index contributed by atoms with van der Waals surface area (Å²) in [6.07, 6.45) is 1.58. The Balaban J connectivity index is 2.28. The summed E-state index contributed by atoms with van der Waals surface area (Å²) in [7, 11) is 0.953. The molecule has 4 unspecified atom stereocenters. The van der Waals surface area contributed by atoms with Gasteiger partial charge in [0.1, 0.15) is 12.0 Å². The quantitative estimate of drug-likeness (QED) is 0.246. The van der Waals surface area contributed by atoms with Crippen molar-refractivity contribution < 1.29 is 4.79 Å². The van der Waals surface area contributed by atoms with Crippen LogP contribution in [0.15, 0.2) is 30.3 Å². The topological polar surface area (TPSA) is 74.8 Å². The number of nitrogens with zero attached hydrogens (tertiary/aromatic N) is 1. The minimum Gasteiger partial charge on any atom is -0.356 e. The van der Waals surface area contributed by atoms with Crippen LogP contribution in [0.3, 0.4) is 0 Å². The van der Waals surface area contributed by atoms with Crippen LogP contribution in [0.2, 0.25) is 11.1 Å². The van der Waals surface area contributed by atoms with Gasteiger partial charge in [-0.05, 0) is 37.6 Å². The Kier molecular flexibility index (Phi) is 8.87. The molecule has 4 atom stereocenters. The highest BCUT2D eigenvalue weighted by Gasteiger charge is 2.65. The van der Waals surface area contributed by atoms with Crippen molar-refractivity contribution in [2.24, 2.45) is 5.41 Å². The average Bonchev–Trinajstić information content (AvgIpc) is 3.42. The number of carbonyl (C=O) groups is 1. The van der Waals surface area contributed by atoms with Gasteiger partial charge >= 0.3 is 0 Å². The Bertz CT molecular complexity index is 901. The van der Waals surface area contributed by atoms with Gasteiger partial charge in [-0.15, -0.1) is 0 Å². The first-order valence-electron chi connectivity index (χ1n) is 12.0. The minimum absolute atomic E-state index is 0.0528. The zero-order valence-electron chi connectivity index (χ0n) is 21.5. The molecule has 2 N–H and O–H groups in total. The third kappa shape index (κ3) is 5.84. The molecule has 33 heavy (non-hydrogen) atoms. The maximum absolute atomic E-state index is 13.5. The van der Waals surface area contributed by atoms with Crippen LogP contribution in [-0.2, 0) is 4.79 Å². The molecule has 180 valence electrons. The Hall–Kier alpha value is -1.36. The van der Waals surface area contributed by atoms with Gasteiger partial charge in [0, 0.05) is 18.0 Å². The molecule has 1 saturated heterocycles. The molecule has 7 heteroatoms. The molecule has 1 aliphatic heterocycles. The summed E-state index contributed by atoms with van der Waals surface area (Å²) in [5.41, 5.74) is -0.0458. The standard InChI is InChI=1S/C26H40BN3OS2/c1-9-15-29-22(31)24(6,23(4,5)27-18(2)3)16-20-26(8,30-20)25(7,17-28)33-21(32)19-13-11-10-12-14-19/h10-14,18,20,27,30H,9,15-16H2,1-8H3,(H,29,31). The van der Waals surface area contributed by atoms with Crippen LogP contribution < -0.4 is 10.6 Å². The first kappa shape index (κ1) is 27.9. The second-order valence-electron chi connectivity index (χ2n) is 11.1. The normalized spacial score (nSPS) is 23.7. The number of benzene rings is 1. The van der Waals surface area contributed by atoms with Crippen LogP contribution in [0, 0.1) is 16.7 Å². The highest BCUT2D eigenvalue weighted by atomic mass is 32.2. The molecule has 0 radical (unpaired) electrons. The lowest BCUT2D eigenvalue weighted by Crippen LogP contribution is -2.50. The molecular weight excluding hydrogens is 445 g/mol. The molecule has 1 aliphatic rings. The monoisotopic (exact) mass is 485 g/mol. The molecule has 0 aliphatic carbocycles. The van der Waals surface area contributed by atoms with E-state index in [9.17, 15) is 10.1 Å². The smallest absolute Gasteiger partial charge is 0.225 e. The molecule has 1 aromatic carbocycles. The first-order valence-corrected chi connectivity index (χ1v) is 13.2. The number of nitrogens with one attached hydrogen (secondary N) is 2. The number of thiocarbonyl (C=S) groups is 1. The molecule has 1 aromatic rings. The summed E-state index contributed by atoms with van der Waals surface area (Å²) < 4.78 is -0.0370. The highest BCUT2D eigenvalue weighted by Crippen LogP contribution is 2.55. The van der Waals surface area contributed by atoms with Crippen LogP contribution >= 0.6 is 24.0 Å². The fourth-order valence-corrected chi connectivity index (χ4v) is 6.59. The van der Waals surface area contributed by atoms with E-state index in [2.05, 4.69) is 65.2 Å². The van der Waals surface area contributed by atoms with E-state index in [4.69, 9.17) is 12.2 Å². The third-order valence-electron chi connectivity index (χ3n) is 7.66. The van der Waals surface area contributed by atoms with Crippen LogP contribution in [-0.4, -0.2) is 40.3 Å². The summed E-state index contributed by atoms with van der Waals surface area (Å²) in [5.74, 6) is 0.595. The largest absolute Gasteiger partial charge is 0.356 e. The van der Waals surface area contributed by atoms with Gasteiger partial charge in [0.05, 0.1) is 15.8 Å². The lowest BCUT2D eigenvalue weighted by molar-refractivity contribution is -0.132. The Morgan fingerprint density at radius 3 is 2.42 bits per heavy atom. The molecule has 0 aromatic heterocycles. The summed E-state index contributed by atoms with van der Waals surface area (Å²) in [6, 6.07) is 12.4. The summed E-state index contributed by atoms with van der Waals surface area (Å²) in [4.78, 5) is 13.5. The van der Waals surface area contributed by atoms with Crippen molar-refractivity contribution >= 4 is 41.4 Å². The van der Waals surface area contributed by atoms with Crippen LogP contribution in [0.25, 0.3) is 0 Å². The van der Waals surface area contributed by atoms with E-state index in [1.807, 2.05) is 37.3 Å². The Morgan fingerprint density at radius 2 is 1.91 bits per heavy atom. The molecule has 1 heterocycles. The summed E-state index contributed by atoms with van der Waals surface area (Å²) in [6.45, 7) is 17.8. The van der Waals surface area contributed by atoms with Crippen LogP contribution in [0.5, 0.6) is 0 Å². The molecule has 0 saturated carbocycles. The zero-order chi connectivity index (χ0) is 25.1. The van der Waals surface area contributed by atoms with Crippen LogP contribution in [0.1, 0.15) is 73.8 Å². The van der Waals surface area contributed by atoms with E-state index >= 15 is 0 Å². The third-order valence-corrected chi connectivity index (χ3v) is 9.49. The number of amides is 1. The fraction of sp³-hybridized carbons (Fsp3) is 0.654. The average molecular weight is 486 g/mol. The van der Waals surface area contributed by atoms with Crippen molar-refractivity contribution in [3.63, 3.8) is 0 Å². The number of thioether (sulfide) groups is 1. The number of nitriles is 1. The minimum atomic E-state index is -0.756. The lowest BCUT2D eigenvalue weighted by atomic mass is 9.39. The van der Waals surface area contributed by atoms with Gasteiger partial charge in [-0.25, -0.2) is 0 Å². The molecule has 0 bridgehead atoms. The van der Waals surface area contributed by atoms with Gasteiger partial charge in [0.15, 0.2) is 0 Å². The number of rotatable bonds is 11. The molecule has 1 amide bonds. The van der Waals surface area contributed by atoms with E-state index in [1.165, 1.54) is 11.8 Å². The predicted octanol–water partition coefficient (Wildman–Crippen LogP) is 5.49. The maximum Gasteiger partial charge on any atom is 0.225 e. The van der Waals surface area contributed by atoms with Gasteiger partial charge in [-0.3, -0.25) is 4.79 Å². The summed E-state index contributed by atoms with van der Waals surface area (Å²) in [5, 5.41) is 16.8. The van der Waals surface area contributed by atoms with Gasteiger partial charge in [-0.1, -0.05) is 102 Å². The first-order chi connectivity index (χ1) is 15.3. The summed E-state index contributed by atoms with van der Waals surface area (Å²) >= 11 is 7.14. The zero-order valence-corrected chi connectivity index (χ0v) is 23.2. The molecule has 1 fully saturated rings. The van der Waals surface area contributed by atoms with E-state index in [0.717, 1.165) is 23.5 Å². The lowest BCUT2D eigenvalue weighted by Gasteiger charge is -2.44. The van der Waals surface area contributed by atoms with Crippen molar-refractivity contribution in [1.82, 2.24) is 10.6 Å². The van der Waals surface area contributed by atoms with Gasteiger partial charge in [0.2, 0.25) is 5.91 Å². The van der Waals surface area contributed by atoms with E-state index in [1.54, 1.807) is 0 Å². The van der Waals surface area contributed by atoms with Gasteiger partial charge in [0.25, 0.3) is 0 Å². The fourth-order valence-electron chi connectivity index (χ4n) is 4.87. The number of hydrogen-bond donors (Lipinski definition) is 2. The predicted molar refractivity (Wildman–Crippen MR) is 147 cm³/mol. The van der Waals surface area contributed by atoms with Crippen molar-refractivity contribution in [3.8, 4) is 6.07 Å². The highest BCUT2D eigenvalue weighted by molar-refractivity contribution is 8.24. The molecular formula is C26H40BN3OS2. The van der Waals surface area contributed by atoms with Crippen molar-refractivity contribution in [2.75, 3.05) is 6.54 Å². The van der Waals surface area contributed by atoms with Gasteiger partial charge in [-0.2, -0.15) is 5.26 Å². The van der Waals surface area contributed by atoms with Crippen molar-refractivity contribution in [3.05, 3.63) is 35.9 Å². The SMILES string of the molecule is CCCNC(=O)C(C)(CC1NC1(C)C(C)(C#N)SC(=S)c1ccccc1)C(C)(C)BC(C)C. The second kappa shape index (κ2) is 10.5. The van der Waals surface area contributed by atoms with Crippen molar-refractivity contribution in [2.45, 2.75) is 95.7 Å². The van der Waals surface area contributed by atoms with E-state index in [0.29, 0.717) is 18.8 Å². The molecule has 0 spiro atoms. The maximum atomic E-state index is 13.5. The van der Waals surface area contributed by atoms with Crippen molar-refractivity contribution in [1.29, 1.82) is 5.26 Å². The van der Waals surface area contributed by atoms with E-state index in [-0.39, 0.29) is 17.3 Å². The number of carbonyl (C=O) groups excluding carboxylic acids is 1. The van der Waals surface area contributed by atoms with Crippen LogP contribution in [0.4, 0.5) is 0 Å². The molecule has 2 rings (SSSR count). The Labute approximate surface area is 211 Å².